The largest absolute Gasteiger partial charge is 0.496 e. The number of nitrogens with one attached hydrogen (secondary N) is 1. The van der Waals surface area contributed by atoms with Crippen molar-refractivity contribution in [2.24, 2.45) is 5.41 Å². The monoisotopic (exact) mass is 247 g/mol. The maximum Gasteiger partial charge on any atom is 0.122 e. The number of methoxy groups -OCH3 is 1. The van der Waals surface area contributed by atoms with Gasteiger partial charge in [0, 0.05) is 13.1 Å². The van der Waals surface area contributed by atoms with Crippen LogP contribution in [0.5, 0.6) is 5.75 Å². The van der Waals surface area contributed by atoms with Crippen LogP contribution in [0, 0.1) is 5.41 Å². The summed E-state index contributed by atoms with van der Waals surface area (Å²) in [6.45, 7) is 9.09. The Hall–Kier alpha value is -1.02. The molecule has 0 aromatic heterocycles. The number of piperidine rings is 1. The highest BCUT2D eigenvalue weighted by molar-refractivity contribution is 5.39. The Morgan fingerprint density at radius 3 is 2.78 bits per heavy atom. The summed E-state index contributed by atoms with van der Waals surface area (Å²) in [6, 6.07) is 6.67. The summed E-state index contributed by atoms with van der Waals surface area (Å²) >= 11 is 0. The molecule has 1 saturated heterocycles. The van der Waals surface area contributed by atoms with Crippen molar-refractivity contribution in [3.63, 3.8) is 0 Å². The van der Waals surface area contributed by atoms with Gasteiger partial charge in [0.05, 0.1) is 7.11 Å². The first-order valence-corrected chi connectivity index (χ1v) is 6.93. The molecule has 100 valence electrons. The molecule has 1 aromatic carbocycles. The van der Waals surface area contributed by atoms with Gasteiger partial charge in [-0.2, -0.15) is 0 Å². The molecule has 0 bridgehead atoms. The van der Waals surface area contributed by atoms with Crippen molar-refractivity contribution >= 4 is 0 Å². The molecule has 1 heterocycles. The maximum atomic E-state index is 5.40. The number of ether oxygens (including phenoxy) is 1. The Bertz CT molecular complexity index is 412. The molecule has 1 unspecified atom stereocenters. The second-order valence-electron chi connectivity index (χ2n) is 6.12. The molecule has 1 aliphatic rings. The third-order valence-corrected chi connectivity index (χ3v) is 3.95. The minimum Gasteiger partial charge on any atom is -0.496 e. The first kappa shape index (κ1) is 13.4. The Labute approximate surface area is 111 Å². The number of aryl methyl sites for hydroxylation is 1. The fourth-order valence-electron chi connectivity index (χ4n) is 2.96. The van der Waals surface area contributed by atoms with E-state index in [1.807, 2.05) is 0 Å². The lowest BCUT2D eigenvalue weighted by Crippen LogP contribution is -2.40. The molecule has 1 N–H and O–H groups in total. The van der Waals surface area contributed by atoms with Gasteiger partial charge in [-0.15, -0.1) is 0 Å². The third-order valence-electron chi connectivity index (χ3n) is 3.95. The van der Waals surface area contributed by atoms with Crippen LogP contribution in [0.3, 0.4) is 0 Å². The quantitative estimate of drug-likeness (QED) is 0.884. The maximum absolute atomic E-state index is 5.40. The lowest BCUT2D eigenvalue weighted by atomic mass is 9.76. The smallest absolute Gasteiger partial charge is 0.122 e. The van der Waals surface area contributed by atoms with Gasteiger partial charge in [0.1, 0.15) is 5.75 Å². The number of hydrogen-bond donors (Lipinski definition) is 1. The summed E-state index contributed by atoms with van der Waals surface area (Å²) in [5.74, 6) is 1.65. The summed E-state index contributed by atoms with van der Waals surface area (Å²) in [7, 11) is 1.75. The van der Waals surface area contributed by atoms with Crippen molar-refractivity contribution in [1.82, 2.24) is 5.32 Å². The van der Waals surface area contributed by atoms with Gasteiger partial charge < -0.3 is 10.1 Å². The molecule has 1 aromatic rings. The van der Waals surface area contributed by atoms with Gasteiger partial charge in [-0.1, -0.05) is 32.9 Å². The van der Waals surface area contributed by atoms with Crippen LogP contribution in [0.15, 0.2) is 18.2 Å². The van der Waals surface area contributed by atoms with E-state index in [0.717, 1.165) is 25.3 Å². The topological polar surface area (TPSA) is 21.3 Å². The van der Waals surface area contributed by atoms with E-state index in [4.69, 9.17) is 4.74 Å². The summed E-state index contributed by atoms with van der Waals surface area (Å²) < 4.78 is 5.40. The van der Waals surface area contributed by atoms with Crippen molar-refractivity contribution in [2.75, 3.05) is 20.2 Å². The number of benzene rings is 1. The molecule has 18 heavy (non-hydrogen) atoms. The first-order chi connectivity index (χ1) is 8.55. The molecule has 0 amide bonds. The molecular formula is C16H25NO. The van der Waals surface area contributed by atoms with Crippen LogP contribution in [0.4, 0.5) is 0 Å². The van der Waals surface area contributed by atoms with E-state index >= 15 is 0 Å². The van der Waals surface area contributed by atoms with Crippen LogP contribution in [0.1, 0.15) is 44.2 Å². The van der Waals surface area contributed by atoms with Crippen LogP contribution in [-0.4, -0.2) is 20.2 Å². The number of hydrogen-bond acceptors (Lipinski definition) is 2. The lowest BCUT2D eigenvalue weighted by molar-refractivity contribution is 0.240. The second-order valence-corrected chi connectivity index (χ2v) is 6.12. The molecule has 0 aliphatic carbocycles. The third kappa shape index (κ3) is 2.86. The van der Waals surface area contributed by atoms with Gasteiger partial charge in [0.25, 0.3) is 0 Å². The molecular weight excluding hydrogens is 222 g/mol. The van der Waals surface area contributed by atoms with Crippen LogP contribution in [0.2, 0.25) is 0 Å². The highest BCUT2D eigenvalue weighted by atomic mass is 16.5. The van der Waals surface area contributed by atoms with Crippen molar-refractivity contribution in [3.05, 3.63) is 29.3 Å². The molecule has 0 saturated carbocycles. The van der Waals surface area contributed by atoms with Crippen LogP contribution in [-0.2, 0) is 6.42 Å². The highest BCUT2D eigenvalue weighted by Gasteiger charge is 2.28. The summed E-state index contributed by atoms with van der Waals surface area (Å²) in [5.41, 5.74) is 3.17. The number of rotatable bonds is 3. The fourth-order valence-corrected chi connectivity index (χ4v) is 2.96. The lowest BCUT2D eigenvalue weighted by Gasteiger charge is -2.36. The molecule has 2 heteroatoms. The molecule has 2 nitrogen and oxygen atoms in total. The van der Waals surface area contributed by atoms with Gasteiger partial charge in [0.15, 0.2) is 0 Å². The molecule has 1 atom stereocenters. The second kappa shape index (κ2) is 5.31. The Morgan fingerprint density at radius 2 is 2.17 bits per heavy atom. The van der Waals surface area contributed by atoms with Crippen molar-refractivity contribution in [2.45, 2.75) is 39.5 Å². The zero-order valence-corrected chi connectivity index (χ0v) is 12.0. The minimum absolute atomic E-state index is 0.398. The molecule has 0 spiro atoms. The van der Waals surface area contributed by atoms with Gasteiger partial charge in [0.2, 0.25) is 0 Å². The minimum atomic E-state index is 0.398. The van der Waals surface area contributed by atoms with Crippen molar-refractivity contribution < 1.29 is 4.74 Å². The van der Waals surface area contributed by atoms with Crippen LogP contribution in [0.25, 0.3) is 0 Å². The first-order valence-electron chi connectivity index (χ1n) is 6.93. The van der Waals surface area contributed by atoms with Gasteiger partial charge in [-0.3, -0.25) is 0 Å². The zero-order valence-electron chi connectivity index (χ0n) is 12.0. The Morgan fingerprint density at radius 1 is 1.39 bits per heavy atom. The van der Waals surface area contributed by atoms with Gasteiger partial charge in [-0.05, 0) is 41.4 Å². The van der Waals surface area contributed by atoms with E-state index in [2.05, 4.69) is 44.3 Å². The average molecular weight is 247 g/mol. The standard InChI is InChI=1S/C16H25NO/c1-5-12-8-13(6-7-15(12)18-4)14-9-16(2,3)11-17-10-14/h6-8,14,17H,5,9-11H2,1-4H3. The summed E-state index contributed by atoms with van der Waals surface area (Å²) in [5, 5.41) is 3.56. The van der Waals surface area contributed by atoms with E-state index in [-0.39, 0.29) is 0 Å². The fraction of sp³-hybridized carbons (Fsp3) is 0.625. The summed E-state index contributed by atoms with van der Waals surface area (Å²) in [6.07, 6.45) is 2.29. The summed E-state index contributed by atoms with van der Waals surface area (Å²) in [4.78, 5) is 0. The van der Waals surface area contributed by atoms with Gasteiger partial charge in [-0.25, -0.2) is 0 Å². The van der Waals surface area contributed by atoms with Gasteiger partial charge >= 0.3 is 0 Å². The predicted molar refractivity (Wildman–Crippen MR) is 76.4 cm³/mol. The van der Waals surface area contributed by atoms with Crippen molar-refractivity contribution in [3.8, 4) is 5.75 Å². The zero-order chi connectivity index (χ0) is 13.2. The molecule has 1 fully saturated rings. The molecule has 1 aliphatic heterocycles. The van der Waals surface area contributed by atoms with E-state index in [9.17, 15) is 0 Å². The van der Waals surface area contributed by atoms with E-state index < -0.39 is 0 Å². The van der Waals surface area contributed by atoms with E-state index in [1.54, 1.807) is 7.11 Å². The highest BCUT2D eigenvalue weighted by Crippen LogP contribution is 2.35. The van der Waals surface area contributed by atoms with E-state index in [1.165, 1.54) is 17.5 Å². The Kier molecular flexibility index (Phi) is 3.96. The van der Waals surface area contributed by atoms with Crippen molar-refractivity contribution in [1.29, 1.82) is 0 Å². The van der Waals surface area contributed by atoms with Crippen LogP contribution >= 0.6 is 0 Å². The molecule has 2 rings (SSSR count). The Balaban J connectivity index is 2.23. The predicted octanol–water partition coefficient (Wildman–Crippen LogP) is 3.36. The SMILES string of the molecule is CCc1cc(C2CNCC(C)(C)C2)ccc1OC. The van der Waals surface area contributed by atoms with E-state index in [0.29, 0.717) is 11.3 Å². The normalized spacial score (nSPS) is 22.8. The van der Waals surface area contributed by atoms with Crippen LogP contribution < -0.4 is 10.1 Å². The molecule has 0 radical (unpaired) electrons. The average Bonchev–Trinajstić information content (AvgIpc) is 2.36.